The van der Waals surface area contributed by atoms with Gasteiger partial charge in [-0.15, -0.1) is 0 Å². The number of nitrogens with zero attached hydrogens (tertiary/aromatic N) is 1. The highest BCUT2D eigenvalue weighted by molar-refractivity contribution is 5.69. The maximum Gasteiger partial charge on any atom is 0.410 e. The fourth-order valence-corrected chi connectivity index (χ4v) is 2.85. The topological polar surface area (TPSA) is 64.8 Å². The van der Waals surface area contributed by atoms with E-state index in [1.807, 2.05) is 25.7 Å². The molecule has 2 rings (SSSR count). The molecule has 2 aliphatic rings. The van der Waals surface area contributed by atoms with Gasteiger partial charge in [0.2, 0.25) is 0 Å². The first-order valence-corrected chi connectivity index (χ1v) is 7.43. The Hall–Kier alpha value is -0.810. The molecule has 0 aromatic carbocycles. The van der Waals surface area contributed by atoms with Gasteiger partial charge in [0.25, 0.3) is 0 Å². The summed E-state index contributed by atoms with van der Waals surface area (Å²) in [5, 5.41) is 0. The lowest BCUT2D eigenvalue weighted by atomic mass is 9.74. The van der Waals surface area contributed by atoms with Crippen molar-refractivity contribution in [3.8, 4) is 0 Å². The summed E-state index contributed by atoms with van der Waals surface area (Å²) in [5.41, 5.74) is 5.57. The highest BCUT2D eigenvalue weighted by atomic mass is 16.6. The Morgan fingerprint density at radius 1 is 1.30 bits per heavy atom. The Balaban J connectivity index is 2.15. The van der Waals surface area contributed by atoms with E-state index in [1.165, 1.54) is 0 Å². The zero-order valence-corrected chi connectivity index (χ0v) is 13.4. The molecular weight excluding hydrogens is 256 g/mol. The Bertz CT molecular complexity index is 383. The minimum Gasteiger partial charge on any atom is -0.444 e. The molecule has 1 saturated heterocycles. The van der Waals surface area contributed by atoms with E-state index in [1.54, 1.807) is 0 Å². The first-order valence-electron chi connectivity index (χ1n) is 7.43. The van der Waals surface area contributed by atoms with Crippen LogP contribution in [-0.4, -0.2) is 47.9 Å². The van der Waals surface area contributed by atoms with Crippen LogP contribution in [0, 0.1) is 5.41 Å². The fourth-order valence-electron chi connectivity index (χ4n) is 2.85. The van der Waals surface area contributed by atoms with Crippen LogP contribution in [0.1, 0.15) is 47.5 Å². The van der Waals surface area contributed by atoms with Gasteiger partial charge in [-0.25, -0.2) is 4.79 Å². The largest absolute Gasteiger partial charge is 0.444 e. The number of carbonyl (C=O) groups is 1. The molecule has 0 aromatic heterocycles. The second-order valence-corrected chi connectivity index (χ2v) is 7.64. The molecule has 1 saturated carbocycles. The Kier molecular flexibility index (Phi) is 3.80. The van der Waals surface area contributed by atoms with Crippen molar-refractivity contribution in [2.45, 2.75) is 64.6 Å². The van der Waals surface area contributed by atoms with E-state index < -0.39 is 5.60 Å². The van der Waals surface area contributed by atoms with Gasteiger partial charge in [-0.3, -0.25) is 4.90 Å². The van der Waals surface area contributed by atoms with Gasteiger partial charge < -0.3 is 15.2 Å². The molecule has 5 nitrogen and oxygen atoms in total. The van der Waals surface area contributed by atoms with Crippen LogP contribution in [-0.2, 0) is 9.47 Å². The summed E-state index contributed by atoms with van der Waals surface area (Å²) in [6.07, 6.45) is 1.76. The summed E-state index contributed by atoms with van der Waals surface area (Å²) in [4.78, 5) is 14.2. The van der Waals surface area contributed by atoms with Crippen molar-refractivity contribution < 1.29 is 14.3 Å². The second kappa shape index (κ2) is 4.88. The predicted molar refractivity (Wildman–Crippen MR) is 77.5 cm³/mol. The highest BCUT2D eigenvalue weighted by Crippen LogP contribution is 2.51. The maximum atomic E-state index is 12.4. The van der Waals surface area contributed by atoms with Gasteiger partial charge in [-0.05, 0) is 33.6 Å². The van der Waals surface area contributed by atoms with Crippen molar-refractivity contribution in [1.29, 1.82) is 0 Å². The van der Waals surface area contributed by atoms with Crippen LogP contribution in [0.3, 0.4) is 0 Å². The average molecular weight is 284 g/mol. The van der Waals surface area contributed by atoms with Crippen molar-refractivity contribution >= 4 is 6.09 Å². The van der Waals surface area contributed by atoms with Crippen LogP contribution in [0.5, 0.6) is 0 Å². The Morgan fingerprint density at radius 3 is 2.40 bits per heavy atom. The van der Waals surface area contributed by atoms with Gasteiger partial charge in [0, 0.05) is 17.5 Å². The van der Waals surface area contributed by atoms with Gasteiger partial charge in [0.15, 0.2) is 0 Å². The number of rotatable bonds is 2. The minimum atomic E-state index is -0.482. The number of nitrogens with two attached hydrogens (primary N) is 1. The third-order valence-electron chi connectivity index (χ3n) is 4.66. The predicted octanol–water partition coefficient (Wildman–Crippen LogP) is 2.14. The standard InChI is InChI=1S/C15H28N2O3/c1-13(2,3)20-12(18)17-8-9-19-10-11(17)14(4,5)15(16)6-7-15/h11H,6-10,16H2,1-5H3. The molecule has 116 valence electrons. The number of carbonyl (C=O) groups excluding carboxylic acids is 1. The van der Waals surface area contributed by atoms with Crippen LogP contribution >= 0.6 is 0 Å². The van der Waals surface area contributed by atoms with E-state index >= 15 is 0 Å². The van der Waals surface area contributed by atoms with Crippen molar-refractivity contribution in [2.75, 3.05) is 19.8 Å². The lowest BCUT2D eigenvalue weighted by Gasteiger charge is -2.47. The molecule has 0 spiro atoms. The number of morpholine rings is 1. The van der Waals surface area contributed by atoms with Crippen molar-refractivity contribution in [3.05, 3.63) is 0 Å². The zero-order valence-electron chi connectivity index (χ0n) is 13.4. The van der Waals surface area contributed by atoms with Crippen LogP contribution in [0.25, 0.3) is 0 Å². The molecule has 1 aliphatic heterocycles. The van der Waals surface area contributed by atoms with E-state index in [4.69, 9.17) is 15.2 Å². The lowest BCUT2D eigenvalue weighted by molar-refractivity contribution is -0.0702. The molecule has 0 aromatic rings. The van der Waals surface area contributed by atoms with Crippen LogP contribution in [0.15, 0.2) is 0 Å². The number of amides is 1. The maximum absolute atomic E-state index is 12.4. The molecule has 1 aliphatic carbocycles. The molecule has 20 heavy (non-hydrogen) atoms. The Morgan fingerprint density at radius 2 is 1.90 bits per heavy atom. The van der Waals surface area contributed by atoms with E-state index in [0.717, 1.165) is 12.8 Å². The van der Waals surface area contributed by atoms with Gasteiger partial charge in [0.05, 0.1) is 19.3 Å². The average Bonchev–Trinajstić information content (AvgIpc) is 3.07. The SMILES string of the molecule is CC(C)(C)OC(=O)N1CCOCC1C(C)(C)C1(N)CC1. The summed E-state index contributed by atoms with van der Waals surface area (Å²) in [5.74, 6) is 0. The highest BCUT2D eigenvalue weighted by Gasteiger charge is 2.57. The summed E-state index contributed by atoms with van der Waals surface area (Å²) in [7, 11) is 0. The monoisotopic (exact) mass is 284 g/mol. The van der Waals surface area contributed by atoms with Gasteiger partial charge in [-0.1, -0.05) is 13.8 Å². The summed E-state index contributed by atoms with van der Waals surface area (Å²) in [6.45, 7) is 11.6. The van der Waals surface area contributed by atoms with E-state index in [2.05, 4.69) is 13.8 Å². The molecule has 1 heterocycles. The van der Waals surface area contributed by atoms with Gasteiger partial charge in [0.1, 0.15) is 5.60 Å². The van der Waals surface area contributed by atoms with Crippen molar-refractivity contribution in [1.82, 2.24) is 4.90 Å². The zero-order chi connectivity index (χ0) is 15.2. The number of hydrogen-bond acceptors (Lipinski definition) is 4. The molecule has 1 atom stereocenters. The van der Waals surface area contributed by atoms with Gasteiger partial charge in [-0.2, -0.15) is 0 Å². The third kappa shape index (κ3) is 2.93. The van der Waals surface area contributed by atoms with Crippen LogP contribution < -0.4 is 5.73 Å². The normalized spacial score (nSPS) is 26.3. The van der Waals surface area contributed by atoms with E-state index in [-0.39, 0.29) is 23.1 Å². The minimum absolute atomic E-state index is 0.0291. The fraction of sp³-hybridized carbons (Fsp3) is 0.933. The van der Waals surface area contributed by atoms with Crippen LogP contribution in [0.4, 0.5) is 4.79 Å². The van der Waals surface area contributed by atoms with Gasteiger partial charge >= 0.3 is 6.09 Å². The lowest BCUT2D eigenvalue weighted by Crippen LogP contribution is -2.61. The molecule has 0 bridgehead atoms. The third-order valence-corrected chi connectivity index (χ3v) is 4.66. The van der Waals surface area contributed by atoms with Crippen LogP contribution in [0.2, 0.25) is 0 Å². The van der Waals surface area contributed by atoms with Crippen molar-refractivity contribution in [2.24, 2.45) is 11.1 Å². The number of hydrogen-bond donors (Lipinski definition) is 1. The summed E-state index contributed by atoms with van der Waals surface area (Å²) in [6, 6.07) is -0.0291. The first-order chi connectivity index (χ1) is 9.07. The summed E-state index contributed by atoms with van der Waals surface area (Å²) >= 11 is 0. The first kappa shape index (κ1) is 15.6. The molecule has 2 N–H and O–H groups in total. The second-order valence-electron chi connectivity index (χ2n) is 7.64. The Labute approximate surface area is 121 Å². The molecule has 5 heteroatoms. The molecule has 0 radical (unpaired) electrons. The summed E-state index contributed by atoms with van der Waals surface area (Å²) < 4.78 is 11.1. The molecular formula is C15H28N2O3. The molecule has 1 amide bonds. The molecule has 2 fully saturated rings. The van der Waals surface area contributed by atoms with E-state index in [0.29, 0.717) is 19.8 Å². The van der Waals surface area contributed by atoms with E-state index in [9.17, 15) is 4.79 Å². The quantitative estimate of drug-likeness (QED) is 0.843. The number of ether oxygens (including phenoxy) is 2. The smallest absolute Gasteiger partial charge is 0.410 e. The molecule has 1 unspecified atom stereocenters. The van der Waals surface area contributed by atoms with Crippen molar-refractivity contribution in [3.63, 3.8) is 0 Å².